The number of amides is 2. The lowest BCUT2D eigenvalue weighted by molar-refractivity contribution is -0.134. The van der Waals surface area contributed by atoms with Crippen molar-refractivity contribution in [1.82, 2.24) is 15.5 Å². The zero-order valence-corrected chi connectivity index (χ0v) is 10.5. The second-order valence-electron chi connectivity index (χ2n) is 5.26. The van der Waals surface area contributed by atoms with Crippen LogP contribution in [0.15, 0.2) is 0 Å². The Balaban J connectivity index is 1.78. The Morgan fingerprint density at radius 1 is 1.41 bits per heavy atom. The first-order valence-electron chi connectivity index (χ1n) is 6.40. The van der Waals surface area contributed by atoms with Gasteiger partial charge in [-0.05, 0) is 33.1 Å². The van der Waals surface area contributed by atoms with Crippen LogP contribution in [0.5, 0.6) is 0 Å². The highest BCUT2D eigenvalue weighted by atomic mass is 16.2. The van der Waals surface area contributed by atoms with E-state index in [1.54, 1.807) is 4.90 Å². The quantitative estimate of drug-likeness (QED) is 0.702. The van der Waals surface area contributed by atoms with Gasteiger partial charge >= 0.3 is 0 Å². The molecule has 2 rings (SSSR count). The van der Waals surface area contributed by atoms with Crippen molar-refractivity contribution in [3.8, 4) is 0 Å². The highest BCUT2D eigenvalue weighted by Crippen LogP contribution is 2.22. The molecule has 0 aromatic carbocycles. The van der Waals surface area contributed by atoms with Gasteiger partial charge in [-0.15, -0.1) is 0 Å². The van der Waals surface area contributed by atoms with Crippen molar-refractivity contribution in [2.24, 2.45) is 0 Å². The molecule has 0 radical (unpaired) electrons. The zero-order valence-electron chi connectivity index (χ0n) is 10.5. The van der Waals surface area contributed by atoms with Crippen molar-refractivity contribution in [2.45, 2.75) is 51.2 Å². The van der Waals surface area contributed by atoms with Gasteiger partial charge in [0, 0.05) is 18.6 Å². The topological polar surface area (TPSA) is 61.4 Å². The normalized spacial score (nSPS) is 24.5. The van der Waals surface area contributed by atoms with Gasteiger partial charge in [-0.2, -0.15) is 0 Å². The maximum absolute atomic E-state index is 12.0. The van der Waals surface area contributed by atoms with E-state index in [2.05, 4.69) is 10.6 Å². The van der Waals surface area contributed by atoms with Crippen LogP contribution in [-0.4, -0.2) is 47.9 Å². The molecule has 1 unspecified atom stereocenters. The molecule has 2 aliphatic rings. The van der Waals surface area contributed by atoms with E-state index < -0.39 is 0 Å². The molecule has 1 aliphatic carbocycles. The molecule has 5 nitrogen and oxygen atoms in total. The molecule has 0 aromatic heterocycles. The van der Waals surface area contributed by atoms with Crippen LogP contribution in [0.4, 0.5) is 0 Å². The maximum atomic E-state index is 12.0. The Kier molecular flexibility index (Phi) is 3.66. The van der Waals surface area contributed by atoms with Crippen LogP contribution in [0.25, 0.3) is 0 Å². The second kappa shape index (κ2) is 5.04. The second-order valence-corrected chi connectivity index (χ2v) is 5.26. The van der Waals surface area contributed by atoms with Crippen molar-refractivity contribution in [2.75, 3.05) is 13.1 Å². The minimum atomic E-state index is -0.0691. The largest absolute Gasteiger partial charge is 0.352 e. The predicted molar refractivity (Wildman–Crippen MR) is 64.4 cm³/mol. The molecule has 0 aromatic rings. The number of carbonyl (C=O) groups is 2. The molecule has 17 heavy (non-hydrogen) atoms. The maximum Gasteiger partial charge on any atom is 0.240 e. The minimum absolute atomic E-state index is 0.0608. The number of nitrogens with one attached hydrogen (secondary N) is 2. The van der Waals surface area contributed by atoms with Crippen molar-refractivity contribution < 1.29 is 9.59 Å². The first-order valence-corrected chi connectivity index (χ1v) is 6.40. The SMILES string of the molecule is CC(C)NC(=O)CN1CCC(NC2CC2)C1=O. The Morgan fingerprint density at radius 3 is 2.71 bits per heavy atom. The third-order valence-electron chi connectivity index (χ3n) is 3.10. The van der Waals surface area contributed by atoms with Gasteiger partial charge in [-0.3, -0.25) is 9.59 Å². The number of likely N-dealkylation sites (tertiary alicyclic amines) is 1. The first kappa shape index (κ1) is 12.4. The summed E-state index contributed by atoms with van der Waals surface area (Å²) in [6.45, 7) is 4.72. The summed E-state index contributed by atoms with van der Waals surface area (Å²) in [5, 5.41) is 6.13. The summed E-state index contributed by atoms with van der Waals surface area (Å²) < 4.78 is 0. The number of rotatable bonds is 5. The third kappa shape index (κ3) is 3.43. The fourth-order valence-corrected chi connectivity index (χ4v) is 2.13. The van der Waals surface area contributed by atoms with Crippen LogP contribution in [0.2, 0.25) is 0 Å². The molecule has 1 saturated heterocycles. The van der Waals surface area contributed by atoms with Gasteiger partial charge < -0.3 is 15.5 Å². The van der Waals surface area contributed by atoms with Gasteiger partial charge in [-0.1, -0.05) is 0 Å². The van der Waals surface area contributed by atoms with Crippen LogP contribution in [0.1, 0.15) is 33.1 Å². The number of hydrogen-bond donors (Lipinski definition) is 2. The average Bonchev–Trinajstić information content (AvgIpc) is 2.97. The molecular weight excluding hydrogens is 218 g/mol. The van der Waals surface area contributed by atoms with E-state index in [0.29, 0.717) is 12.6 Å². The summed E-state index contributed by atoms with van der Waals surface area (Å²) in [4.78, 5) is 25.2. The van der Waals surface area contributed by atoms with Crippen molar-refractivity contribution >= 4 is 11.8 Å². The van der Waals surface area contributed by atoms with Crippen LogP contribution >= 0.6 is 0 Å². The number of carbonyl (C=O) groups excluding carboxylic acids is 2. The van der Waals surface area contributed by atoms with E-state index in [1.807, 2.05) is 13.8 Å². The van der Waals surface area contributed by atoms with Gasteiger partial charge in [0.2, 0.25) is 11.8 Å². The summed E-state index contributed by atoms with van der Waals surface area (Å²) in [5.74, 6) is 0.0104. The molecule has 0 bridgehead atoms. The molecule has 2 N–H and O–H groups in total. The molecule has 2 amide bonds. The smallest absolute Gasteiger partial charge is 0.240 e. The monoisotopic (exact) mass is 239 g/mol. The van der Waals surface area contributed by atoms with E-state index in [9.17, 15) is 9.59 Å². The van der Waals surface area contributed by atoms with Crippen molar-refractivity contribution in [1.29, 1.82) is 0 Å². The van der Waals surface area contributed by atoms with Crippen LogP contribution in [0, 0.1) is 0 Å². The first-order chi connectivity index (χ1) is 8.06. The van der Waals surface area contributed by atoms with Crippen LogP contribution < -0.4 is 10.6 Å². The van der Waals surface area contributed by atoms with E-state index in [1.165, 1.54) is 12.8 Å². The molecule has 5 heteroatoms. The molecule has 1 aliphatic heterocycles. The molecule has 0 spiro atoms. The fourth-order valence-electron chi connectivity index (χ4n) is 2.13. The van der Waals surface area contributed by atoms with E-state index in [0.717, 1.165) is 6.42 Å². The molecule has 1 saturated carbocycles. The fraction of sp³-hybridized carbons (Fsp3) is 0.833. The predicted octanol–water partition coefficient (Wildman–Crippen LogP) is -0.136. The molecule has 1 atom stereocenters. The van der Waals surface area contributed by atoms with Gasteiger partial charge in [0.05, 0.1) is 12.6 Å². The standard InChI is InChI=1S/C12H21N3O2/c1-8(2)13-11(16)7-15-6-5-10(12(15)17)14-9-3-4-9/h8-10,14H,3-7H2,1-2H3,(H,13,16). The van der Waals surface area contributed by atoms with E-state index in [-0.39, 0.29) is 30.4 Å². The average molecular weight is 239 g/mol. The van der Waals surface area contributed by atoms with Crippen LogP contribution in [0.3, 0.4) is 0 Å². The molecule has 2 fully saturated rings. The summed E-state index contributed by atoms with van der Waals surface area (Å²) in [5.41, 5.74) is 0. The molecule has 1 heterocycles. The molecule has 96 valence electrons. The van der Waals surface area contributed by atoms with Crippen molar-refractivity contribution in [3.63, 3.8) is 0 Å². The van der Waals surface area contributed by atoms with Gasteiger partial charge in [0.1, 0.15) is 0 Å². The van der Waals surface area contributed by atoms with Gasteiger partial charge in [-0.25, -0.2) is 0 Å². The Morgan fingerprint density at radius 2 is 2.12 bits per heavy atom. The van der Waals surface area contributed by atoms with Crippen molar-refractivity contribution in [3.05, 3.63) is 0 Å². The van der Waals surface area contributed by atoms with Gasteiger partial charge in [0.15, 0.2) is 0 Å². The summed E-state index contributed by atoms with van der Waals surface area (Å²) in [7, 11) is 0. The van der Waals surface area contributed by atoms with E-state index in [4.69, 9.17) is 0 Å². The number of hydrogen-bond acceptors (Lipinski definition) is 3. The summed E-state index contributed by atoms with van der Waals surface area (Å²) >= 11 is 0. The lowest BCUT2D eigenvalue weighted by Crippen LogP contribution is -2.44. The van der Waals surface area contributed by atoms with Gasteiger partial charge in [0.25, 0.3) is 0 Å². The zero-order chi connectivity index (χ0) is 12.4. The Bertz CT molecular complexity index is 313. The van der Waals surface area contributed by atoms with Crippen LogP contribution in [-0.2, 0) is 9.59 Å². The lowest BCUT2D eigenvalue weighted by atomic mass is 10.2. The summed E-state index contributed by atoms with van der Waals surface area (Å²) in [6, 6.07) is 0.600. The highest BCUT2D eigenvalue weighted by molar-refractivity contribution is 5.89. The molecular formula is C12H21N3O2. The highest BCUT2D eigenvalue weighted by Gasteiger charge is 2.36. The Hall–Kier alpha value is -1.10. The van der Waals surface area contributed by atoms with E-state index >= 15 is 0 Å². The lowest BCUT2D eigenvalue weighted by Gasteiger charge is -2.17. The number of nitrogens with zero attached hydrogens (tertiary/aromatic N) is 1. The third-order valence-corrected chi connectivity index (χ3v) is 3.10. The summed E-state index contributed by atoms with van der Waals surface area (Å²) in [6.07, 6.45) is 3.18. The minimum Gasteiger partial charge on any atom is -0.352 e. The Labute approximate surface area is 102 Å².